The van der Waals surface area contributed by atoms with E-state index in [9.17, 15) is 9.59 Å². The first-order valence-electron chi connectivity index (χ1n) is 6.70. The fourth-order valence-corrected chi connectivity index (χ4v) is 2.11. The summed E-state index contributed by atoms with van der Waals surface area (Å²) in [5.74, 6) is 0.0257. The van der Waals surface area contributed by atoms with Gasteiger partial charge in [-0.15, -0.1) is 0 Å². The van der Waals surface area contributed by atoms with Crippen LogP contribution in [0, 0.1) is 0 Å². The number of hydrogen-bond donors (Lipinski definition) is 0. The van der Waals surface area contributed by atoms with E-state index in [1.54, 1.807) is 20.1 Å². The Bertz CT molecular complexity index is 487. The summed E-state index contributed by atoms with van der Waals surface area (Å²) in [6.45, 7) is 2.24. The molecule has 6 heteroatoms. The Kier molecular flexibility index (Phi) is 7.82. The third kappa shape index (κ3) is 6.62. The molecule has 0 atom stereocenters. The van der Waals surface area contributed by atoms with E-state index in [4.69, 9.17) is 14.2 Å². The van der Waals surface area contributed by atoms with Gasteiger partial charge in [-0.25, -0.2) is 0 Å². The first-order chi connectivity index (χ1) is 10.1. The molecule has 21 heavy (non-hydrogen) atoms. The van der Waals surface area contributed by atoms with Crippen LogP contribution >= 0.6 is 15.9 Å². The average Bonchev–Trinajstić information content (AvgIpc) is 2.45. The highest BCUT2D eigenvalue weighted by Gasteiger charge is 2.09. The Hall–Kier alpha value is -1.56. The molecule has 0 N–H and O–H groups in total. The standard InChI is InChI=1S/C15H19BrO5/c1-3-20-14(17)5-4-6-15(18)21-10-11-9-12(16)7-8-13(11)19-2/h7-9H,3-6,10H2,1-2H3. The fraction of sp³-hybridized carbons (Fsp3) is 0.467. The molecule has 0 fully saturated rings. The van der Waals surface area contributed by atoms with Gasteiger partial charge in [0.05, 0.1) is 13.7 Å². The maximum absolute atomic E-state index is 11.6. The van der Waals surface area contributed by atoms with E-state index in [2.05, 4.69) is 15.9 Å². The number of methoxy groups -OCH3 is 1. The van der Waals surface area contributed by atoms with Gasteiger partial charge in [-0.3, -0.25) is 9.59 Å². The molecule has 0 saturated carbocycles. The topological polar surface area (TPSA) is 61.8 Å². The highest BCUT2D eigenvalue weighted by Crippen LogP contribution is 2.23. The lowest BCUT2D eigenvalue weighted by Crippen LogP contribution is -2.08. The maximum atomic E-state index is 11.6. The van der Waals surface area contributed by atoms with Crippen molar-refractivity contribution in [1.29, 1.82) is 0 Å². The van der Waals surface area contributed by atoms with Gasteiger partial charge < -0.3 is 14.2 Å². The predicted molar refractivity (Wildman–Crippen MR) is 81.0 cm³/mol. The minimum absolute atomic E-state index is 0.140. The van der Waals surface area contributed by atoms with Crippen LogP contribution in [0.4, 0.5) is 0 Å². The third-order valence-corrected chi connectivity index (χ3v) is 3.19. The molecule has 0 spiro atoms. The number of halogens is 1. The van der Waals surface area contributed by atoms with Crippen molar-refractivity contribution in [3.8, 4) is 5.75 Å². The molecule has 0 saturated heterocycles. The van der Waals surface area contributed by atoms with Crippen molar-refractivity contribution in [3.05, 3.63) is 28.2 Å². The summed E-state index contributed by atoms with van der Waals surface area (Å²) in [7, 11) is 1.56. The van der Waals surface area contributed by atoms with E-state index in [0.717, 1.165) is 10.0 Å². The molecule has 0 bridgehead atoms. The van der Waals surface area contributed by atoms with Crippen molar-refractivity contribution < 1.29 is 23.8 Å². The number of carbonyl (C=O) groups is 2. The quantitative estimate of drug-likeness (QED) is 0.667. The van der Waals surface area contributed by atoms with Crippen LogP contribution in [-0.2, 0) is 25.7 Å². The predicted octanol–water partition coefficient (Wildman–Crippen LogP) is 3.23. The number of rotatable bonds is 8. The normalized spacial score (nSPS) is 10.0. The second-order valence-electron chi connectivity index (χ2n) is 4.28. The molecule has 1 aromatic carbocycles. The molecule has 0 amide bonds. The van der Waals surface area contributed by atoms with Crippen molar-refractivity contribution in [2.45, 2.75) is 32.8 Å². The highest BCUT2D eigenvalue weighted by atomic mass is 79.9. The Morgan fingerprint density at radius 3 is 2.43 bits per heavy atom. The van der Waals surface area contributed by atoms with E-state index in [-0.39, 0.29) is 31.4 Å². The van der Waals surface area contributed by atoms with E-state index >= 15 is 0 Å². The molecule has 0 aliphatic rings. The van der Waals surface area contributed by atoms with Crippen LogP contribution in [0.25, 0.3) is 0 Å². The van der Waals surface area contributed by atoms with Crippen LogP contribution < -0.4 is 4.74 Å². The summed E-state index contributed by atoms with van der Waals surface area (Å²) < 4.78 is 16.0. The highest BCUT2D eigenvalue weighted by molar-refractivity contribution is 9.10. The van der Waals surface area contributed by atoms with Crippen molar-refractivity contribution in [3.63, 3.8) is 0 Å². The zero-order chi connectivity index (χ0) is 15.7. The van der Waals surface area contributed by atoms with Crippen LogP contribution in [0.1, 0.15) is 31.7 Å². The van der Waals surface area contributed by atoms with Gasteiger partial charge in [-0.05, 0) is 31.5 Å². The summed E-state index contributed by atoms with van der Waals surface area (Å²) in [6, 6.07) is 5.49. The monoisotopic (exact) mass is 358 g/mol. The average molecular weight is 359 g/mol. The van der Waals surface area contributed by atoms with Gasteiger partial charge in [-0.1, -0.05) is 15.9 Å². The maximum Gasteiger partial charge on any atom is 0.306 e. The molecule has 0 unspecified atom stereocenters. The molecule has 1 rings (SSSR count). The van der Waals surface area contributed by atoms with Gasteiger partial charge >= 0.3 is 11.9 Å². The molecule has 0 aromatic heterocycles. The van der Waals surface area contributed by atoms with Crippen molar-refractivity contribution in [2.24, 2.45) is 0 Å². The molecule has 5 nitrogen and oxygen atoms in total. The summed E-state index contributed by atoms with van der Waals surface area (Å²) in [5, 5.41) is 0. The van der Waals surface area contributed by atoms with Crippen molar-refractivity contribution in [1.82, 2.24) is 0 Å². The molecule has 116 valence electrons. The molecular weight excluding hydrogens is 340 g/mol. The van der Waals surface area contributed by atoms with Crippen LogP contribution in [-0.4, -0.2) is 25.7 Å². The first kappa shape index (κ1) is 17.5. The minimum Gasteiger partial charge on any atom is -0.496 e. The van der Waals surface area contributed by atoms with E-state index in [1.165, 1.54) is 0 Å². The Labute approximate surface area is 132 Å². The van der Waals surface area contributed by atoms with Crippen molar-refractivity contribution >= 4 is 27.9 Å². The summed E-state index contributed by atoms with van der Waals surface area (Å²) >= 11 is 3.36. The number of carbonyl (C=O) groups excluding carboxylic acids is 2. The third-order valence-electron chi connectivity index (χ3n) is 2.70. The number of esters is 2. The second kappa shape index (κ2) is 9.39. The summed E-state index contributed by atoms with van der Waals surface area (Å²) in [4.78, 5) is 22.7. The summed E-state index contributed by atoms with van der Waals surface area (Å²) in [5.41, 5.74) is 0.783. The first-order valence-corrected chi connectivity index (χ1v) is 7.49. The van der Waals surface area contributed by atoms with Crippen LogP contribution in [0.2, 0.25) is 0 Å². The largest absolute Gasteiger partial charge is 0.496 e. The number of ether oxygens (including phenoxy) is 3. The lowest BCUT2D eigenvalue weighted by Gasteiger charge is -2.10. The molecule has 0 radical (unpaired) electrons. The van der Waals surface area contributed by atoms with Gasteiger partial charge in [0.2, 0.25) is 0 Å². The van der Waals surface area contributed by atoms with Crippen LogP contribution in [0.15, 0.2) is 22.7 Å². The van der Waals surface area contributed by atoms with Crippen LogP contribution in [0.5, 0.6) is 5.75 Å². The minimum atomic E-state index is -0.346. The zero-order valence-electron chi connectivity index (χ0n) is 12.2. The van der Waals surface area contributed by atoms with E-state index < -0.39 is 0 Å². The fourth-order valence-electron chi connectivity index (χ4n) is 1.70. The van der Waals surface area contributed by atoms with Gasteiger partial charge in [0, 0.05) is 22.9 Å². The smallest absolute Gasteiger partial charge is 0.306 e. The number of hydrogen-bond acceptors (Lipinski definition) is 5. The van der Waals surface area contributed by atoms with Gasteiger partial charge in [-0.2, -0.15) is 0 Å². The van der Waals surface area contributed by atoms with Crippen molar-refractivity contribution in [2.75, 3.05) is 13.7 Å². The SMILES string of the molecule is CCOC(=O)CCCC(=O)OCc1cc(Br)ccc1OC. The molecule has 0 aliphatic heterocycles. The van der Waals surface area contributed by atoms with Gasteiger partial charge in [0.25, 0.3) is 0 Å². The van der Waals surface area contributed by atoms with E-state index in [0.29, 0.717) is 18.8 Å². The lowest BCUT2D eigenvalue weighted by molar-refractivity contribution is -0.146. The molecule has 0 aliphatic carbocycles. The lowest BCUT2D eigenvalue weighted by atomic mass is 10.2. The Morgan fingerprint density at radius 1 is 1.14 bits per heavy atom. The summed E-state index contributed by atoms with van der Waals surface area (Å²) in [6.07, 6.45) is 0.839. The Balaban J connectivity index is 2.36. The van der Waals surface area contributed by atoms with E-state index in [1.807, 2.05) is 12.1 Å². The second-order valence-corrected chi connectivity index (χ2v) is 5.19. The van der Waals surface area contributed by atoms with Crippen LogP contribution in [0.3, 0.4) is 0 Å². The van der Waals surface area contributed by atoms with Gasteiger partial charge in [0.1, 0.15) is 12.4 Å². The van der Waals surface area contributed by atoms with Gasteiger partial charge in [0.15, 0.2) is 0 Å². The molecule has 1 aromatic rings. The zero-order valence-corrected chi connectivity index (χ0v) is 13.8. The molecular formula is C15H19BrO5. The Morgan fingerprint density at radius 2 is 1.81 bits per heavy atom. The molecule has 0 heterocycles. The number of benzene rings is 1.